The van der Waals surface area contributed by atoms with Crippen molar-refractivity contribution in [3.63, 3.8) is 0 Å². The van der Waals surface area contributed by atoms with Crippen molar-refractivity contribution < 1.29 is 18.8 Å². The summed E-state index contributed by atoms with van der Waals surface area (Å²) in [5, 5.41) is 0. The average Bonchev–Trinajstić information content (AvgIpc) is 2.67. The van der Waals surface area contributed by atoms with Gasteiger partial charge < -0.3 is 14.0 Å². The second-order valence-corrected chi connectivity index (χ2v) is 6.37. The van der Waals surface area contributed by atoms with Gasteiger partial charge >= 0.3 is 7.12 Å². The lowest BCUT2D eigenvalue weighted by atomic mass is 9.74. The van der Waals surface area contributed by atoms with E-state index in [0.29, 0.717) is 11.1 Å². The number of amides is 1. The van der Waals surface area contributed by atoms with Crippen molar-refractivity contribution in [3.05, 3.63) is 29.3 Å². The Morgan fingerprint density at radius 2 is 1.86 bits per heavy atom. The Labute approximate surface area is 131 Å². The largest absolute Gasteiger partial charge is 0.495 e. The standard InChI is InChI=1S/C15H23BN2O4/c1-14(2)15(3,4)22-16(21-14)12-8-6-7-10(13(19)18-17)11(12)9-20-5/h6-8H,9,17H2,1-5H3,(H,18,19). The molecule has 0 bridgehead atoms. The van der Waals surface area contributed by atoms with E-state index >= 15 is 0 Å². The highest BCUT2D eigenvalue weighted by Gasteiger charge is 2.52. The third-order valence-electron chi connectivity index (χ3n) is 4.38. The summed E-state index contributed by atoms with van der Waals surface area (Å²) in [5.74, 6) is 4.89. The normalized spacial score (nSPS) is 19.3. The molecule has 120 valence electrons. The molecule has 0 atom stereocenters. The predicted octanol–water partition coefficient (Wildman–Crippen LogP) is 0.736. The number of nitrogen functional groups attached to an aromatic ring is 1. The average molecular weight is 306 g/mol. The third kappa shape index (κ3) is 2.89. The van der Waals surface area contributed by atoms with E-state index in [0.717, 1.165) is 5.46 Å². The van der Waals surface area contributed by atoms with Crippen LogP contribution in [0.25, 0.3) is 0 Å². The molecule has 1 aliphatic rings. The number of rotatable bonds is 4. The Balaban J connectivity index is 2.46. The van der Waals surface area contributed by atoms with Crippen LogP contribution < -0.4 is 16.7 Å². The summed E-state index contributed by atoms with van der Waals surface area (Å²) in [6.45, 7) is 8.21. The van der Waals surface area contributed by atoms with E-state index in [1.54, 1.807) is 19.2 Å². The number of hydrogen-bond acceptors (Lipinski definition) is 5. The number of nitrogens with two attached hydrogens (primary N) is 1. The quantitative estimate of drug-likeness (QED) is 0.371. The van der Waals surface area contributed by atoms with Gasteiger partial charge in [-0.05, 0) is 44.8 Å². The zero-order chi connectivity index (χ0) is 16.5. The first-order chi connectivity index (χ1) is 10.2. The van der Waals surface area contributed by atoms with E-state index in [9.17, 15) is 4.79 Å². The molecule has 7 heteroatoms. The maximum atomic E-state index is 12.0. The van der Waals surface area contributed by atoms with Crippen LogP contribution in [0, 0.1) is 0 Å². The van der Waals surface area contributed by atoms with E-state index in [1.807, 2.05) is 33.8 Å². The highest BCUT2D eigenvalue weighted by Crippen LogP contribution is 2.36. The molecule has 1 aromatic rings. The van der Waals surface area contributed by atoms with Gasteiger partial charge in [-0.15, -0.1) is 0 Å². The van der Waals surface area contributed by atoms with Gasteiger partial charge in [0.05, 0.1) is 17.8 Å². The van der Waals surface area contributed by atoms with Crippen molar-refractivity contribution in [1.82, 2.24) is 5.43 Å². The van der Waals surface area contributed by atoms with Gasteiger partial charge in [0.25, 0.3) is 5.91 Å². The van der Waals surface area contributed by atoms with Gasteiger partial charge in [0.2, 0.25) is 0 Å². The van der Waals surface area contributed by atoms with Gasteiger partial charge in [-0.3, -0.25) is 10.2 Å². The van der Waals surface area contributed by atoms with Gasteiger partial charge in [0.1, 0.15) is 0 Å². The SMILES string of the molecule is COCc1c(B2OC(C)(C)C(C)(C)O2)cccc1C(=O)NN. The molecular formula is C15H23BN2O4. The molecule has 0 saturated carbocycles. The van der Waals surface area contributed by atoms with Crippen LogP contribution in [0.4, 0.5) is 0 Å². The van der Waals surface area contributed by atoms with Gasteiger partial charge in [-0.1, -0.05) is 12.1 Å². The highest BCUT2D eigenvalue weighted by atomic mass is 16.7. The number of carbonyl (C=O) groups is 1. The number of benzene rings is 1. The van der Waals surface area contributed by atoms with E-state index in [-0.39, 0.29) is 12.5 Å². The Hall–Kier alpha value is -1.41. The minimum absolute atomic E-state index is 0.267. The van der Waals surface area contributed by atoms with E-state index in [1.165, 1.54) is 0 Å². The first-order valence-corrected chi connectivity index (χ1v) is 7.21. The van der Waals surface area contributed by atoms with Crippen LogP contribution in [0.15, 0.2) is 18.2 Å². The van der Waals surface area contributed by atoms with Crippen LogP contribution >= 0.6 is 0 Å². The molecule has 22 heavy (non-hydrogen) atoms. The molecule has 0 aromatic heterocycles. The Kier molecular flexibility index (Phi) is 4.63. The van der Waals surface area contributed by atoms with Crippen LogP contribution in [0.1, 0.15) is 43.6 Å². The van der Waals surface area contributed by atoms with Gasteiger partial charge in [0.15, 0.2) is 0 Å². The number of methoxy groups -OCH3 is 1. The molecule has 3 N–H and O–H groups in total. The lowest BCUT2D eigenvalue weighted by Crippen LogP contribution is -2.41. The number of hydrazine groups is 1. The van der Waals surface area contributed by atoms with Gasteiger partial charge in [-0.25, -0.2) is 5.84 Å². The van der Waals surface area contributed by atoms with Crippen molar-refractivity contribution in [1.29, 1.82) is 0 Å². The molecule has 0 unspecified atom stereocenters. The van der Waals surface area contributed by atoms with Crippen molar-refractivity contribution >= 4 is 18.5 Å². The lowest BCUT2D eigenvalue weighted by Gasteiger charge is -2.32. The van der Waals surface area contributed by atoms with Gasteiger partial charge in [0, 0.05) is 12.7 Å². The fourth-order valence-corrected chi connectivity index (χ4v) is 2.39. The molecule has 0 radical (unpaired) electrons. The summed E-state index contributed by atoms with van der Waals surface area (Å²) < 4.78 is 17.4. The Bertz CT molecular complexity index is 559. The Morgan fingerprint density at radius 3 is 2.36 bits per heavy atom. The summed E-state index contributed by atoms with van der Waals surface area (Å²) >= 11 is 0. The second kappa shape index (κ2) is 6.00. The van der Waals surface area contributed by atoms with Crippen LogP contribution in [0.5, 0.6) is 0 Å². The molecular weight excluding hydrogens is 283 g/mol. The molecule has 6 nitrogen and oxygen atoms in total. The molecule has 1 aliphatic heterocycles. The number of nitrogens with one attached hydrogen (secondary N) is 1. The number of carbonyl (C=O) groups excluding carboxylic acids is 1. The molecule has 1 fully saturated rings. The van der Waals surface area contributed by atoms with E-state index in [4.69, 9.17) is 19.9 Å². The second-order valence-electron chi connectivity index (χ2n) is 6.37. The first kappa shape index (κ1) is 17.0. The van der Waals surface area contributed by atoms with Crippen molar-refractivity contribution in [2.45, 2.75) is 45.5 Å². The summed E-state index contributed by atoms with van der Waals surface area (Å²) in [7, 11) is 1.02. The summed E-state index contributed by atoms with van der Waals surface area (Å²) in [6, 6.07) is 5.36. The van der Waals surface area contributed by atoms with Crippen LogP contribution in [-0.4, -0.2) is 31.3 Å². The number of ether oxygens (including phenoxy) is 1. The third-order valence-corrected chi connectivity index (χ3v) is 4.38. The first-order valence-electron chi connectivity index (χ1n) is 7.21. The highest BCUT2D eigenvalue weighted by molar-refractivity contribution is 6.62. The van der Waals surface area contributed by atoms with Gasteiger partial charge in [-0.2, -0.15) is 0 Å². The zero-order valence-electron chi connectivity index (χ0n) is 13.7. The maximum Gasteiger partial charge on any atom is 0.495 e. The molecule has 1 heterocycles. The minimum atomic E-state index is -0.555. The molecule has 1 amide bonds. The molecule has 1 aromatic carbocycles. The smallest absolute Gasteiger partial charge is 0.399 e. The molecule has 0 aliphatic carbocycles. The van der Waals surface area contributed by atoms with Crippen LogP contribution in [0.3, 0.4) is 0 Å². The summed E-state index contributed by atoms with van der Waals surface area (Å²) in [4.78, 5) is 12.0. The predicted molar refractivity (Wildman–Crippen MR) is 84.5 cm³/mol. The maximum absolute atomic E-state index is 12.0. The monoisotopic (exact) mass is 306 g/mol. The zero-order valence-corrected chi connectivity index (χ0v) is 13.7. The van der Waals surface area contributed by atoms with E-state index in [2.05, 4.69) is 5.43 Å². The molecule has 1 saturated heterocycles. The van der Waals surface area contributed by atoms with Crippen LogP contribution in [-0.2, 0) is 20.7 Å². The fraction of sp³-hybridized carbons (Fsp3) is 0.533. The fourth-order valence-electron chi connectivity index (χ4n) is 2.39. The molecule has 2 rings (SSSR count). The van der Waals surface area contributed by atoms with E-state index < -0.39 is 18.3 Å². The molecule has 0 spiro atoms. The van der Waals surface area contributed by atoms with Crippen molar-refractivity contribution in [2.75, 3.05) is 7.11 Å². The Morgan fingerprint density at radius 1 is 1.27 bits per heavy atom. The summed E-state index contributed by atoms with van der Waals surface area (Å²) in [5.41, 5.74) is 3.20. The van der Waals surface area contributed by atoms with Crippen molar-refractivity contribution in [2.24, 2.45) is 5.84 Å². The lowest BCUT2D eigenvalue weighted by molar-refractivity contribution is 0.00578. The number of hydrogen-bond donors (Lipinski definition) is 2. The minimum Gasteiger partial charge on any atom is -0.399 e. The van der Waals surface area contributed by atoms with Crippen molar-refractivity contribution in [3.8, 4) is 0 Å². The van der Waals surface area contributed by atoms with Crippen LogP contribution in [0.2, 0.25) is 0 Å². The topological polar surface area (TPSA) is 82.8 Å². The summed E-state index contributed by atoms with van der Waals surface area (Å²) in [6.07, 6.45) is 0.